The van der Waals surface area contributed by atoms with Crippen LogP contribution in [0.4, 0.5) is 5.13 Å². The van der Waals surface area contributed by atoms with Gasteiger partial charge in [0, 0.05) is 18.9 Å². The van der Waals surface area contributed by atoms with Crippen molar-refractivity contribution < 1.29 is 14.3 Å². The molecular formula is C19H17N3O3S. The number of rotatable bonds is 6. The van der Waals surface area contributed by atoms with E-state index in [1.54, 1.807) is 24.3 Å². The van der Waals surface area contributed by atoms with Gasteiger partial charge in [-0.25, -0.2) is 0 Å². The Morgan fingerprint density at radius 2 is 1.73 bits per heavy atom. The predicted molar refractivity (Wildman–Crippen MR) is 99.5 cm³/mol. The van der Waals surface area contributed by atoms with Crippen LogP contribution in [-0.2, 0) is 17.6 Å². The summed E-state index contributed by atoms with van der Waals surface area (Å²) in [7, 11) is 0. The number of nitrogens with zero attached hydrogens (tertiary/aromatic N) is 2. The Hall–Kier alpha value is -3.06. The SMILES string of the molecule is CC(=O)Oc1ccc(C(=O)Nc2nnc(CCc3ccccc3)s2)cc1. The van der Waals surface area contributed by atoms with Gasteiger partial charge < -0.3 is 4.74 Å². The van der Waals surface area contributed by atoms with E-state index < -0.39 is 5.97 Å². The van der Waals surface area contributed by atoms with Gasteiger partial charge >= 0.3 is 5.97 Å². The topological polar surface area (TPSA) is 81.2 Å². The van der Waals surface area contributed by atoms with E-state index in [1.165, 1.54) is 23.8 Å². The molecule has 132 valence electrons. The molecule has 1 amide bonds. The largest absolute Gasteiger partial charge is 0.427 e. The Morgan fingerprint density at radius 1 is 1.00 bits per heavy atom. The van der Waals surface area contributed by atoms with Crippen LogP contribution in [0, 0.1) is 0 Å². The number of benzene rings is 2. The van der Waals surface area contributed by atoms with Crippen molar-refractivity contribution in [1.29, 1.82) is 0 Å². The molecule has 0 unspecified atom stereocenters. The molecule has 0 fully saturated rings. The van der Waals surface area contributed by atoms with Gasteiger partial charge in [-0.3, -0.25) is 14.9 Å². The molecule has 0 radical (unpaired) electrons. The van der Waals surface area contributed by atoms with E-state index in [0.717, 1.165) is 17.8 Å². The lowest BCUT2D eigenvalue weighted by Gasteiger charge is -2.03. The van der Waals surface area contributed by atoms with Gasteiger partial charge in [-0.05, 0) is 36.2 Å². The molecule has 0 aliphatic rings. The van der Waals surface area contributed by atoms with Crippen molar-refractivity contribution in [2.75, 3.05) is 5.32 Å². The zero-order valence-corrected chi connectivity index (χ0v) is 15.0. The molecule has 7 heteroatoms. The predicted octanol–water partition coefficient (Wildman–Crippen LogP) is 3.50. The van der Waals surface area contributed by atoms with E-state index in [1.807, 2.05) is 18.2 Å². The number of aromatic nitrogens is 2. The summed E-state index contributed by atoms with van der Waals surface area (Å²) in [6, 6.07) is 16.5. The highest BCUT2D eigenvalue weighted by molar-refractivity contribution is 7.15. The maximum atomic E-state index is 12.3. The molecule has 3 rings (SSSR count). The number of anilines is 1. The highest BCUT2D eigenvalue weighted by atomic mass is 32.1. The van der Waals surface area contributed by atoms with Crippen LogP contribution in [0.5, 0.6) is 5.75 Å². The fourth-order valence-corrected chi connectivity index (χ4v) is 3.05. The Labute approximate surface area is 154 Å². The normalized spacial score (nSPS) is 10.3. The molecule has 0 bridgehead atoms. The molecule has 0 saturated carbocycles. The van der Waals surface area contributed by atoms with Crippen LogP contribution in [0.15, 0.2) is 54.6 Å². The first-order valence-electron chi connectivity index (χ1n) is 8.06. The number of carbonyl (C=O) groups excluding carboxylic acids is 2. The minimum atomic E-state index is -0.404. The van der Waals surface area contributed by atoms with Gasteiger partial charge in [0.05, 0.1) is 0 Å². The van der Waals surface area contributed by atoms with E-state index in [2.05, 4.69) is 27.6 Å². The molecule has 0 spiro atoms. The van der Waals surface area contributed by atoms with Gasteiger partial charge in [0.25, 0.3) is 5.91 Å². The van der Waals surface area contributed by atoms with E-state index >= 15 is 0 Å². The number of aryl methyl sites for hydroxylation is 2. The van der Waals surface area contributed by atoms with Gasteiger partial charge in [-0.1, -0.05) is 41.7 Å². The second-order valence-corrected chi connectivity index (χ2v) is 6.62. The van der Waals surface area contributed by atoms with Crippen molar-refractivity contribution >= 4 is 28.3 Å². The number of hydrogen-bond acceptors (Lipinski definition) is 6. The zero-order valence-electron chi connectivity index (χ0n) is 14.1. The number of carbonyl (C=O) groups is 2. The maximum Gasteiger partial charge on any atom is 0.308 e. The smallest absolute Gasteiger partial charge is 0.308 e. The summed E-state index contributed by atoms with van der Waals surface area (Å²) in [5.74, 6) is -0.294. The minimum absolute atomic E-state index is 0.287. The summed E-state index contributed by atoms with van der Waals surface area (Å²) in [6.07, 6.45) is 1.65. The molecule has 1 aromatic heterocycles. The lowest BCUT2D eigenvalue weighted by molar-refractivity contribution is -0.131. The van der Waals surface area contributed by atoms with Crippen LogP contribution in [0.1, 0.15) is 27.9 Å². The minimum Gasteiger partial charge on any atom is -0.427 e. The summed E-state index contributed by atoms with van der Waals surface area (Å²) in [4.78, 5) is 23.2. The van der Waals surface area contributed by atoms with Gasteiger partial charge in [0.15, 0.2) is 0 Å². The first kappa shape index (κ1) is 17.8. The van der Waals surface area contributed by atoms with Crippen molar-refractivity contribution in [2.45, 2.75) is 19.8 Å². The fraction of sp³-hybridized carbons (Fsp3) is 0.158. The first-order chi connectivity index (χ1) is 12.6. The van der Waals surface area contributed by atoms with Crippen LogP contribution in [0.25, 0.3) is 0 Å². The van der Waals surface area contributed by atoms with E-state index in [0.29, 0.717) is 16.4 Å². The van der Waals surface area contributed by atoms with Gasteiger partial charge in [-0.15, -0.1) is 10.2 Å². The Kier molecular flexibility index (Phi) is 5.70. The zero-order chi connectivity index (χ0) is 18.4. The van der Waals surface area contributed by atoms with Gasteiger partial charge in [0.2, 0.25) is 5.13 Å². The molecule has 26 heavy (non-hydrogen) atoms. The Bertz CT molecular complexity index is 892. The van der Waals surface area contributed by atoms with Crippen LogP contribution < -0.4 is 10.1 Å². The maximum absolute atomic E-state index is 12.3. The molecule has 3 aromatic rings. The number of nitrogens with one attached hydrogen (secondary N) is 1. The summed E-state index contributed by atoms with van der Waals surface area (Å²) < 4.78 is 4.94. The van der Waals surface area contributed by atoms with Crippen molar-refractivity contribution in [2.24, 2.45) is 0 Å². The summed E-state index contributed by atoms with van der Waals surface area (Å²) in [5, 5.41) is 12.2. The average Bonchev–Trinajstić information content (AvgIpc) is 3.08. The van der Waals surface area contributed by atoms with Crippen LogP contribution in [-0.4, -0.2) is 22.1 Å². The standard InChI is InChI=1S/C19H17N3O3S/c1-13(23)25-16-10-8-15(9-11-16)18(24)20-19-22-21-17(26-19)12-7-14-5-3-2-4-6-14/h2-6,8-11H,7,12H2,1H3,(H,20,22,24). The van der Waals surface area contributed by atoms with Gasteiger partial charge in [-0.2, -0.15) is 0 Å². The highest BCUT2D eigenvalue weighted by Gasteiger charge is 2.11. The van der Waals surface area contributed by atoms with Crippen LogP contribution in [0.2, 0.25) is 0 Å². The van der Waals surface area contributed by atoms with Gasteiger partial charge in [0.1, 0.15) is 10.8 Å². The van der Waals surface area contributed by atoms with E-state index in [9.17, 15) is 9.59 Å². The molecule has 2 aromatic carbocycles. The third-order valence-corrected chi connectivity index (χ3v) is 4.43. The third-order valence-electron chi connectivity index (χ3n) is 3.54. The molecular weight excluding hydrogens is 350 g/mol. The monoisotopic (exact) mass is 367 g/mol. The molecule has 6 nitrogen and oxygen atoms in total. The van der Waals surface area contributed by atoms with Crippen molar-refractivity contribution in [3.63, 3.8) is 0 Å². The summed E-state index contributed by atoms with van der Waals surface area (Å²) in [5.41, 5.74) is 1.68. The average molecular weight is 367 g/mol. The molecule has 0 saturated heterocycles. The van der Waals surface area contributed by atoms with E-state index in [-0.39, 0.29) is 5.91 Å². The number of esters is 1. The molecule has 1 heterocycles. The fourth-order valence-electron chi connectivity index (χ4n) is 2.31. The lowest BCUT2D eigenvalue weighted by Crippen LogP contribution is -2.11. The van der Waals surface area contributed by atoms with Crippen molar-refractivity contribution in [1.82, 2.24) is 10.2 Å². The second kappa shape index (κ2) is 8.35. The summed E-state index contributed by atoms with van der Waals surface area (Å²) in [6.45, 7) is 1.32. The quantitative estimate of drug-likeness (QED) is 0.533. The number of amides is 1. The second-order valence-electron chi connectivity index (χ2n) is 5.56. The number of hydrogen-bond donors (Lipinski definition) is 1. The summed E-state index contributed by atoms with van der Waals surface area (Å²) >= 11 is 1.36. The first-order valence-corrected chi connectivity index (χ1v) is 8.88. The van der Waals surface area contributed by atoms with Crippen molar-refractivity contribution in [3.8, 4) is 5.75 Å². The number of ether oxygens (including phenoxy) is 1. The third kappa shape index (κ3) is 4.97. The molecule has 0 aliphatic heterocycles. The van der Waals surface area contributed by atoms with Crippen LogP contribution in [0.3, 0.4) is 0 Å². The molecule has 1 N–H and O–H groups in total. The molecule has 0 atom stereocenters. The molecule has 0 aliphatic carbocycles. The van der Waals surface area contributed by atoms with Crippen molar-refractivity contribution in [3.05, 3.63) is 70.7 Å². The highest BCUT2D eigenvalue weighted by Crippen LogP contribution is 2.19. The Balaban J connectivity index is 1.56. The lowest BCUT2D eigenvalue weighted by atomic mass is 10.1. The van der Waals surface area contributed by atoms with E-state index in [4.69, 9.17) is 4.74 Å². The van der Waals surface area contributed by atoms with Crippen LogP contribution >= 0.6 is 11.3 Å². The Morgan fingerprint density at radius 3 is 2.42 bits per heavy atom.